The number of nitrogens with zero attached hydrogens (tertiary/aromatic N) is 2. The van der Waals surface area contributed by atoms with Crippen molar-refractivity contribution in [2.75, 3.05) is 26.7 Å². The average molecular weight is 466 g/mol. The summed E-state index contributed by atoms with van der Waals surface area (Å²) in [6.07, 6.45) is 3.24. The van der Waals surface area contributed by atoms with Crippen LogP contribution in [0, 0.1) is 0 Å². The van der Waals surface area contributed by atoms with Gasteiger partial charge in [0.25, 0.3) is 5.91 Å². The van der Waals surface area contributed by atoms with Crippen LogP contribution in [0.5, 0.6) is 5.75 Å². The number of benzene rings is 1. The molecule has 0 spiro atoms. The fourth-order valence-electron chi connectivity index (χ4n) is 3.49. The fourth-order valence-corrected chi connectivity index (χ4v) is 3.99. The number of halogens is 2. The predicted molar refractivity (Wildman–Crippen MR) is 119 cm³/mol. The number of pyridine rings is 1. The molecule has 31 heavy (non-hydrogen) atoms. The SMILES string of the molecule is COC(=O)[C@H](CNC(=O)c1ccc(OCc2cc(Cl)nc(Cl)c2)cc1)N1CCCCC1. The Balaban J connectivity index is 1.54. The van der Waals surface area contributed by atoms with Crippen molar-refractivity contribution >= 4 is 35.1 Å². The van der Waals surface area contributed by atoms with Crippen LogP contribution in [0.2, 0.25) is 10.3 Å². The van der Waals surface area contributed by atoms with Gasteiger partial charge in [-0.3, -0.25) is 14.5 Å². The summed E-state index contributed by atoms with van der Waals surface area (Å²) in [6, 6.07) is 9.64. The third kappa shape index (κ3) is 6.82. The molecule has 1 amide bonds. The van der Waals surface area contributed by atoms with Crippen LogP contribution in [0.1, 0.15) is 35.2 Å². The molecule has 1 atom stereocenters. The number of methoxy groups -OCH3 is 1. The van der Waals surface area contributed by atoms with Gasteiger partial charge in [0.1, 0.15) is 28.7 Å². The lowest BCUT2D eigenvalue weighted by molar-refractivity contribution is -0.147. The highest BCUT2D eigenvalue weighted by Crippen LogP contribution is 2.18. The van der Waals surface area contributed by atoms with Crippen molar-refractivity contribution in [1.29, 1.82) is 0 Å². The maximum absolute atomic E-state index is 12.5. The third-order valence-corrected chi connectivity index (χ3v) is 5.49. The Labute approximate surface area is 191 Å². The third-order valence-electron chi connectivity index (χ3n) is 5.11. The normalized spacial score (nSPS) is 15.2. The van der Waals surface area contributed by atoms with E-state index in [9.17, 15) is 9.59 Å². The summed E-state index contributed by atoms with van der Waals surface area (Å²) in [6.45, 7) is 2.13. The highest BCUT2D eigenvalue weighted by atomic mass is 35.5. The molecular formula is C22H25Cl2N3O4. The van der Waals surface area contributed by atoms with Gasteiger partial charge in [0, 0.05) is 12.1 Å². The van der Waals surface area contributed by atoms with Gasteiger partial charge < -0.3 is 14.8 Å². The molecule has 3 rings (SSSR count). The molecular weight excluding hydrogens is 441 g/mol. The van der Waals surface area contributed by atoms with Crippen LogP contribution >= 0.6 is 23.2 Å². The van der Waals surface area contributed by atoms with Gasteiger partial charge in [0.05, 0.1) is 7.11 Å². The van der Waals surface area contributed by atoms with E-state index in [1.54, 1.807) is 36.4 Å². The second-order valence-corrected chi connectivity index (χ2v) is 8.05. The number of hydrogen-bond acceptors (Lipinski definition) is 6. The summed E-state index contributed by atoms with van der Waals surface area (Å²) < 4.78 is 10.6. The zero-order chi connectivity index (χ0) is 22.2. The summed E-state index contributed by atoms with van der Waals surface area (Å²) in [7, 11) is 1.37. The Bertz CT molecular complexity index is 882. The maximum Gasteiger partial charge on any atom is 0.324 e. The van der Waals surface area contributed by atoms with E-state index in [0.717, 1.165) is 37.9 Å². The molecule has 9 heteroatoms. The Hall–Kier alpha value is -2.35. The van der Waals surface area contributed by atoms with Gasteiger partial charge in [-0.05, 0) is 67.9 Å². The summed E-state index contributed by atoms with van der Waals surface area (Å²) >= 11 is 11.8. The van der Waals surface area contributed by atoms with Crippen LogP contribution in [-0.2, 0) is 16.1 Å². The first kappa shape index (κ1) is 23.3. The quantitative estimate of drug-likeness (QED) is 0.472. The summed E-state index contributed by atoms with van der Waals surface area (Å²) in [5.74, 6) is 0.00814. The number of ether oxygens (including phenoxy) is 2. The number of esters is 1. The molecule has 0 saturated carbocycles. The minimum Gasteiger partial charge on any atom is -0.489 e. The van der Waals surface area contributed by atoms with E-state index in [1.807, 2.05) is 0 Å². The molecule has 1 N–H and O–H groups in total. The van der Waals surface area contributed by atoms with Crippen molar-refractivity contribution in [3.63, 3.8) is 0 Å². The zero-order valence-electron chi connectivity index (χ0n) is 17.3. The fraction of sp³-hybridized carbons (Fsp3) is 0.409. The highest BCUT2D eigenvalue weighted by Gasteiger charge is 2.28. The lowest BCUT2D eigenvalue weighted by atomic mass is 10.1. The van der Waals surface area contributed by atoms with E-state index >= 15 is 0 Å². The van der Waals surface area contributed by atoms with Crippen molar-refractivity contribution in [1.82, 2.24) is 15.2 Å². The van der Waals surface area contributed by atoms with E-state index in [2.05, 4.69) is 15.2 Å². The van der Waals surface area contributed by atoms with E-state index in [4.69, 9.17) is 32.7 Å². The summed E-state index contributed by atoms with van der Waals surface area (Å²) in [5.41, 5.74) is 1.27. The Kier molecular flexibility index (Phi) is 8.51. The molecule has 0 bridgehead atoms. The molecule has 0 radical (unpaired) electrons. The van der Waals surface area contributed by atoms with Gasteiger partial charge in [-0.2, -0.15) is 0 Å². The van der Waals surface area contributed by atoms with Crippen molar-refractivity contribution in [2.45, 2.75) is 31.9 Å². The van der Waals surface area contributed by atoms with Gasteiger partial charge in [-0.1, -0.05) is 29.6 Å². The second kappa shape index (κ2) is 11.3. The number of rotatable bonds is 8. The van der Waals surface area contributed by atoms with E-state index in [-0.39, 0.29) is 25.0 Å². The Morgan fingerprint density at radius 3 is 2.35 bits per heavy atom. The van der Waals surface area contributed by atoms with Gasteiger partial charge in [-0.15, -0.1) is 0 Å². The first-order valence-corrected chi connectivity index (χ1v) is 10.9. The Morgan fingerprint density at radius 2 is 1.74 bits per heavy atom. The molecule has 2 heterocycles. The van der Waals surface area contributed by atoms with Crippen molar-refractivity contribution < 1.29 is 19.1 Å². The number of likely N-dealkylation sites (tertiary alicyclic amines) is 1. The molecule has 1 aliphatic heterocycles. The molecule has 0 aliphatic carbocycles. The van der Waals surface area contributed by atoms with Gasteiger partial charge in [0.15, 0.2) is 0 Å². The van der Waals surface area contributed by atoms with E-state index in [0.29, 0.717) is 21.6 Å². The number of hydrogen-bond donors (Lipinski definition) is 1. The van der Waals surface area contributed by atoms with E-state index in [1.165, 1.54) is 7.11 Å². The molecule has 1 aromatic heterocycles. The first-order valence-electron chi connectivity index (χ1n) is 10.1. The van der Waals surface area contributed by atoms with Crippen LogP contribution in [0.3, 0.4) is 0 Å². The van der Waals surface area contributed by atoms with Gasteiger partial charge >= 0.3 is 5.97 Å². The topological polar surface area (TPSA) is 80.8 Å². The largest absolute Gasteiger partial charge is 0.489 e. The van der Waals surface area contributed by atoms with E-state index < -0.39 is 6.04 Å². The van der Waals surface area contributed by atoms with Gasteiger partial charge in [-0.25, -0.2) is 4.98 Å². The number of carbonyl (C=O) groups is 2. The lowest BCUT2D eigenvalue weighted by Crippen LogP contribution is -2.50. The van der Waals surface area contributed by atoms with Gasteiger partial charge in [0.2, 0.25) is 0 Å². The molecule has 1 saturated heterocycles. The molecule has 1 aromatic carbocycles. The molecule has 7 nitrogen and oxygen atoms in total. The molecule has 166 valence electrons. The number of piperidine rings is 1. The molecule has 1 aliphatic rings. The smallest absolute Gasteiger partial charge is 0.324 e. The van der Waals surface area contributed by atoms with Crippen LogP contribution < -0.4 is 10.1 Å². The average Bonchev–Trinajstić information content (AvgIpc) is 2.78. The minimum atomic E-state index is -0.476. The Morgan fingerprint density at radius 1 is 1.10 bits per heavy atom. The predicted octanol–water partition coefficient (Wildman–Crippen LogP) is 3.72. The summed E-state index contributed by atoms with van der Waals surface area (Å²) in [4.78, 5) is 30.7. The molecule has 1 fully saturated rings. The second-order valence-electron chi connectivity index (χ2n) is 7.28. The minimum absolute atomic E-state index is 0.202. The number of nitrogens with one attached hydrogen (secondary N) is 1. The highest BCUT2D eigenvalue weighted by molar-refractivity contribution is 6.32. The number of carbonyl (C=O) groups excluding carboxylic acids is 2. The lowest BCUT2D eigenvalue weighted by Gasteiger charge is -2.32. The number of aromatic nitrogens is 1. The molecule has 2 aromatic rings. The summed E-state index contributed by atoms with van der Waals surface area (Å²) in [5, 5.41) is 3.44. The van der Waals surface area contributed by atoms with Crippen molar-refractivity contribution in [2.24, 2.45) is 0 Å². The molecule has 0 unspecified atom stereocenters. The van der Waals surface area contributed by atoms with Crippen LogP contribution in [0.25, 0.3) is 0 Å². The zero-order valence-corrected chi connectivity index (χ0v) is 18.8. The van der Waals surface area contributed by atoms with Crippen molar-refractivity contribution in [3.05, 3.63) is 57.8 Å². The maximum atomic E-state index is 12.5. The van der Waals surface area contributed by atoms with Crippen LogP contribution in [-0.4, -0.2) is 54.5 Å². The van der Waals surface area contributed by atoms with Crippen molar-refractivity contribution in [3.8, 4) is 5.75 Å². The monoisotopic (exact) mass is 465 g/mol. The number of amides is 1. The standard InChI is InChI=1S/C22H25Cl2N3O4/c1-30-22(29)18(27-9-3-2-4-10-27)13-25-21(28)16-5-7-17(8-6-16)31-14-15-11-19(23)26-20(24)12-15/h5-8,11-12,18H,2-4,9-10,13-14H2,1H3,(H,25,28)/t18-/m0/s1. The van der Waals surface area contributed by atoms with Crippen LogP contribution in [0.15, 0.2) is 36.4 Å². The van der Waals surface area contributed by atoms with Crippen LogP contribution in [0.4, 0.5) is 0 Å². The first-order chi connectivity index (χ1) is 15.0.